The van der Waals surface area contributed by atoms with Crippen molar-refractivity contribution in [1.29, 1.82) is 0 Å². The van der Waals surface area contributed by atoms with Crippen LogP contribution in [0.1, 0.15) is 20.3 Å². The van der Waals surface area contributed by atoms with Gasteiger partial charge in [0.1, 0.15) is 0 Å². The van der Waals surface area contributed by atoms with Crippen LogP contribution in [0.3, 0.4) is 0 Å². The Hall–Kier alpha value is -1.25. The van der Waals surface area contributed by atoms with E-state index in [9.17, 15) is 8.42 Å². The molecule has 0 saturated carbocycles. The molecule has 0 aliphatic heterocycles. The molecule has 0 saturated heterocycles. The number of hydrogen-bond acceptors (Lipinski definition) is 4. The Kier molecular flexibility index (Phi) is 9.82. The molecule has 1 atom stereocenters. The van der Waals surface area contributed by atoms with Crippen molar-refractivity contribution in [3.8, 4) is 0 Å². The second-order valence-electron chi connectivity index (χ2n) is 5.41. The van der Waals surface area contributed by atoms with Crippen LogP contribution < -0.4 is 15.4 Å². The van der Waals surface area contributed by atoms with E-state index >= 15 is 0 Å². The molecule has 1 aromatic rings. The van der Waals surface area contributed by atoms with Gasteiger partial charge >= 0.3 is 0 Å². The molecule has 0 fully saturated rings. The van der Waals surface area contributed by atoms with Crippen LogP contribution >= 0.6 is 11.8 Å². The normalized spacial score (nSPS) is 13.5. The predicted octanol–water partition coefficient (Wildman–Crippen LogP) is 1.66. The quantitative estimate of drug-likeness (QED) is 0.252. The summed E-state index contributed by atoms with van der Waals surface area (Å²) in [7, 11) is -3.11. The number of nitrogens with zero attached hydrogens (tertiary/aromatic N) is 1. The predicted molar refractivity (Wildman–Crippen MR) is 103 cm³/mol. The maximum atomic E-state index is 11.0. The Bertz CT molecular complexity index is 591. The van der Waals surface area contributed by atoms with Crippen LogP contribution in [0.2, 0.25) is 0 Å². The van der Waals surface area contributed by atoms with Crippen LogP contribution in [0.5, 0.6) is 0 Å². The summed E-state index contributed by atoms with van der Waals surface area (Å²) >= 11 is 1.80. The molecule has 1 aromatic carbocycles. The second kappa shape index (κ2) is 11.3. The van der Waals surface area contributed by atoms with E-state index in [1.807, 2.05) is 25.1 Å². The van der Waals surface area contributed by atoms with Crippen LogP contribution in [-0.4, -0.2) is 52.1 Å². The molecule has 24 heavy (non-hydrogen) atoms. The minimum absolute atomic E-state index is 0.370. The molecule has 0 spiro atoms. The highest BCUT2D eigenvalue weighted by Crippen LogP contribution is 2.22. The molecule has 0 radical (unpaired) electrons. The van der Waals surface area contributed by atoms with E-state index in [-0.39, 0.29) is 0 Å². The molecular formula is C16H28N4O2S2. The number of hydrogen-bond donors (Lipinski definition) is 3. The molecule has 0 heterocycles. The van der Waals surface area contributed by atoms with Crippen LogP contribution in [0.25, 0.3) is 0 Å². The van der Waals surface area contributed by atoms with Crippen LogP contribution in [-0.2, 0) is 10.0 Å². The number of nitrogens with one attached hydrogen (secondary N) is 3. The summed E-state index contributed by atoms with van der Waals surface area (Å²) < 4.78 is 24.5. The van der Waals surface area contributed by atoms with Gasteiger partial charge < -0.3 is 10.6 Å². The number of thioether (sulfide) groups is 1. The molecule has 0 amide bonds. The zero-order valence-corrected chi connectivity index (χ0v) is 16.2. The van der Waals surface area contributed by atoms with Gasteiger partial charge in [0.15, 0.2) is 5.96 Å². The van der Waals surface area contributed by atoms with Crippen molar-refractivity contribution in [2.45, 2.75) is 30.4 Å². The van der Waals surface area contributed by atoms with Gasteiger partial charge in [-0.25, -0.2) is 13.1 Å². The summed E-state index contributed by atoms with van der Waals surface area (Å²) in [6.45, 7) is 6.75. The summed E-state index contributed by atoms with van der Waals surface area (Å²) in [4.78, 5) is 5.83. The molecular weight excluding hydrogens is 344 g/mol. The monoisotopic (exact) mass is 372 g/mol. The maximum absolute atomic E-state index is 11.0. The minimum atomic E-state index is -3.11. The van der Waals surface area contributed by atoms with Gasteiger partial charge in [0, 0.05) is 29.8 Å². The van der Waals surface area contributed by atoms with Gasteiger partial charge in [0.05, 0.1) is 12.8 Å². The van der Waals surface area contributed by atoms with Gasteiger partial charge in [-0.3, -0.25) is 4.99 Å². The van der Waals surface area contributed by atoms with Crippen LogP contribution in [0, 0.1) is 0 Å². The summed E-state index contributed by atoms with van der Waals surface area (Å²) in [6, 6.07) is 10.3. The van der Waals surface area contributed by atoms with Crippen molar-refractivity contribution in [2.75, 3.05) is 32.4 Å². The molecule has 1 unspecified atom stereocenters. The first-order chi connectivity index (χ1) is 11.4. The Morgan fingerprint density at radius 3 is 2.54 bits per heavy atom. The van der Waals surface area contributed by atoms with Crippen molar-refractivity contribution < 1.29 is 8.42 Å². The number of rotatable bonds is 10. The van der Waals surface area contributed by atoms with Crippen molar-refractivity contribution >= 4 is 27.7 Å². The van der Waals surface area contributed by atoms with E-state index in [0.717, 1.165) is 18.8 Å². The van der Waals surface area contributed by atoms with E-state index in [0.29, 0.717) is 31.3 Å². The van der Waals surface area contributed by atoms with Crippen molar-refractivity contribution in [2.24, 2.45) is 4.99 Å². The zero-order chi connectivity index (χ0) is 17.8. The number of aliphatic imine (C=N–C) groups is 1. The smallest absolute Gasteiger partial charge is 0.208 e. The lowest BCUT2D eigenvalue weighted by Gasteiger charge is -2.13. The Balaban J connectivity index is 2.35. The summed E-state index contributed by atoms with van der Waals surface area (Å²) in [5, 5.41) is 6.79. The first kappa shape index (κ1) is 20.8. The number of benzene rings is 1. The highest BCUT2D eigenvalue weighted by molar-refractivity contribution is 8.00. The fourth-order valence-electron chi connectivity index (χ4n) is 1.88. The molecule has 0 aromatic heterocycles. The van der Waals surface area contributed by atoms with Gasteiger partial charge in [-0.2, -0.15) is 0 Å². The average Bonchev–Trinajstić information content (AvgIpc) is 2.52. The average molecular weight is 373 g/mol. The lowest BCUT2D eigenvalue weighted by Crippen LogP contribution is -2.39. The summed E-state index contributed by atoms with van der Waals surface area (Å²) in [5.74, 6) is 0.761. The number of sulfonamides is 1. The first-order valence-corrected chi connectivity index (χ1v) is 10.9. The maximum Gasteiger partial charge on any atom is 0.208 e. The molecule has 0 aliphatic rings. The van der Waals surface area contributed by atoms with E-state index in [1.54, 1.807) is 11.8 Å². The van der Waals surface area contributed by atoms with Crippen molar-refractivity contribution in [1.82, 2.24) is 15.4 Å². The van der Waals surface area contributed by atoms with E-state index in [1.165, 1.54) is 4.90 Å². The van der Waals surface area contributed by atoms with Crippen LogP contribution in [0.4, 0.5) is 0 Å². The zero-order valence-electron chi connectivity index (χ0n) is 14.6. The van der Waals surface area contributed by atoms with Gasteiger partial charge in [-0.15, -0.1) is 11.8 Å². The molecule has 1 rings (SSSR count). The fraction of sp³-hybridized carbons (Fsp3) is 0.562. The first-order valence-electron chi connectivity index (χ1n) is 8.09. The summed E-state index contributed by atoms with van der Waals surface area (Å²) in [6.07, 6.45) is 1.86. The lowest BCUT2D eigenvalue weighted by molar-refractivity contribution is 0.584. The third-order valence-electron chi connectivity index (χ3n) is 2.94. The SMILES string of the molecule is CCNC(=NCC(C)Sc1ccccc1)NCCCNS(C)(=O)=O. The fourth-order valence-corrected chi connectivity index (χ4v) is 3.33. The summed E-state index contributed by atoms with van der Waals surface area (Å²) in [5.41, 5.74) is 0. The molecule has 6 nitrogen and oxygen atoms in total. The van der Waals surface area contributed by atoms with Crippen molar-refractivity contribution in [3.05, 3.63) is 30.3 Å². The topological polar surface area (TPSA) is 82.6 Å². The third-order valence-corrected chi connectivity index (χ3v) is 4.77. The van der Waals surface area contributed by atoms with Crippen molar-refractivity contribution in [3.63, 3.8) is 0 Å². The second-order valence-corrected chi connectivity index (χ2v) is 8.75. The number of guanidine groups is 1. The molecule has 136 valence electrons. The minimum Gasteiger partial charge on any atom is -0.357 e. The Morgan fingerprint density at radius 1 is 1.21 bits per heavy atom. The van der Waals surface area contributed by atoms with Crippen LogP contribution in [0.15, 0.2) is 40.2 Å². The van der Waals surface area contributed by atoms with Gasteiger partial charge in [-0.1, -0.05) is 25.1 Å². The largest absolute Gasteiger partial charge is 0.357 e. The Labute approximate surface area is 150 Å². The standard InChI is InChI=1S/C16H28N4O2S2/c1-4-17-16(18-11-8-12-20-24(3,21)22)19-13-14(2)23-15-9-6-5-7-10-15/h5-7,9-10,14,20H,4,8,11-13H2,1-3H3,(H2,17,18,19). The third kappa shape index (κ3) is 10.5. The van der Waals surface area contributed by atoms with E-state index in [2.05, 4.69) is 39.4 Å². The highest BCUT2D eigenvalue weighted by atomic mass is 32.2. The van der Waals surface area contributed by atoms with E-state index in [4.69, 9.17) is 0 Å². The highest BCUT2D eigenvalue weighted by Gasteiger charge is 2.05. The molecule has 3 N–H and O–H groups in total. The van der Waals surface area contributed by atoms with Gasteiger partial charge in [0.25, 0.3) is 0 Å². The molecule has 8 heteroatoms. The Morgan fingerprint density at radius 2 is 1.92 bits per heavy atom. The van der Waals surface area contributed by atoms with Gasteiger partial charge in [-0.05, 0) is 25.5 Å². The molecule has 0 bridgehead atoms. The lowest BCUT2D eigenvalue weighted by atomic mass is 10.4. The molecule has 0 aliphatic carbocycles. The van der Waals surface area contributed by atoms with E-state index < -0.39 is 10.0 Å². The van der Waals surface area contributed by atoms with Gasteiger partial charge in [0.2, 0.25) is 10.0 Å².